The summed E-state index contributed by atoms with van der Waals surface area (Å²) in [5.74, 6) is 0. The second-order valence-electron chi connectivity index (χ2n) is 5.36. The van der Waals surface area contributed by atoms with Crippen LogP contribution in [0, 0.1) is 5.41 Å². The molecule has 1 heteroatoms. The molecule has 0 aliphatic carbocycles. The molecule has 0 atom stereocenters. The first-order valence-electron chi connectivity index (χ1n) is 6.23. The summed E-state index contributed by atoms with van der Waals surface area (Å²) >= 11 is 1.89. The Hall–Kier alpha value is -1.08. The Kier molecular flexibility index (Phi) is 3.68. The van der Waals surface area contributed by atoms with E-state index in [9.17, 15) is 0 Å². The third kappa shape index (κ3) is 3.19. The zero-order valence-corrected chi connectivity index (χ0v) is 11.7. The minimum Gasteiger partial charge on any atom is -0.148 e. The zero-order valence-electron chi connectivity index (χ0n) is 10.9. The summed E-state index contributed by atoms with van der Waals surface area (Å²) in [5.41, 5.74) is 3.10. The fourth-order valence-corrected chi connectivity index (χ4v) is 3.00. The van der Waals surface area contributed by atoms with Gasteiger partial charge in [-0.2, -0.15) is 0 Å². The van der Waals surface area contributed by atoms with Crippen LogP contribution in [0.1, 0.15) is 32.1 Å². The molecule has 2 aromatic rings. The van der Waals surface area contributed by atoms with E-state index >= 15 is 0 Å². The fraction of sp³-hybridized carbons (Fsp3) is 0.375. The minimum absolute atomic E-state index is 0.415. The predicted molar refractivity (Wildman–Crippen MR) is 77.5 cm³/mol. The van der Waals surface area contributed by atoms with Crippen LogP contribution >= 0.6 is 11.3 Å². The van der Waals surface area contributed by atoms with E-state index in [1.165, 1.54) is 28.8 Å². The Balaban J connectivity index is 2.17. The van der Waals surface area contributed by atoms with Gasteiger partial charge in [-0.3, -0.25) is 0 Å². The monoisotopic (exact) mass is 244 g/mol. The molecule has 0 N–H and O–H groups in total. The molecule has 0 fully saturated rings. The highest BCUT2D eigenvalue weighted by Crippen LogP contribution is 2.31. The highest BCUT2D eigenvalue weighted by molar-refractivity contribution is 7.10. The summed E-state index contributed by atoms with van der Waals surface area (Å²) in [7, 11) is 0. The summed E-state index contributed by atoms with van der Waals surface area (Å²) in [6, 6.07) is 13.0. The number of rotatable bonds is 4. The molecule has 0 amide bonds. The Bertz CT molecular complexity index is 465. The molecule has 17 heavy (non-hydrogen) atoms. The van der Waals surface area contributed by atoms with E-state index in [1.807, 2.05) is 11.3 Å². The molecule has 0 radical (unpaired) electrons. The van der Waals surface area contributed by atoms with Crippen molar-refractivity contribution >= 4 is 11.3 Å². The second kappa shape index (κ2) is 5.05. The molecule has 0 bridgehead atoms. The summed E-state index contributed by atoms with van der Waals surface area (Å²) < 4.78 is 0. The van der Waals surface area contributed by atoms with Crippen molar-refractivity contribution < 1.29 is 0 Å². The molecule has 1 aromatic carbocycles. The van der Waals surface area contributed by atoms with Crippen LogP contribution in [0.3, 0.4) is 0 Å². The van der Waals surface area contributed by atoms with Gasteiger partial charge in [-0.25, -0.2) is 0 Å². The quantitative estimate of drug-likeness (QED) is 0.676. The van der Waals surface area contributed by atoms with Crippen LogP contribution in [0.2, 0.25) is 0 Å². The van der Waals surface area contributed by atoms with Gasteiger partial charge in [0.05, 0.1) is 0 Å². The van der Waals surface area contributed by atoms with Crippen LogP contribution in [0.4, 0.5) is 0 Å². The highest BCUT2D eigenvalue weighted by atomic mass is 32.1. The first-order chi connectivity index (χ1) is 8.11. The van der Waals surface area contributed by atoms with Crippen molar-refractivity contribution in [3.05, 3.63) is 46.7 Å². The molecule has 0 unspecified atom stereocenters. The molecule has 0 saturated heterocycles. The normalized spacial score (nSPS) is 11.7. The minimum atomic E-state index is 0.415. The van der Waals surface area contributed by atoms with Crippen molar-refractivity contribution in [1.29, 1.82) is 0 Å². The van der Waals surface area contributed by atoms with Crippen molar-refractivity contribution in [3.8, 4) is 11.1 Å². The lowest BCUT2D eigenvalue weighted by Gasteiger charge is -2.21. The zero-order chi connectivity index (χ0) is 12.3. The highest BCUT2D eigenvalue weighted by Gasteiger charge is 2.17. The van der Waals surface area contributed by atoms with Crippen molar-refractivity contribution in [2.45, 2.75) is 33.6 Å². The van der Waals surface area contributed by atoms with Gasteiger partial charge >= 0.3 is 0 Å². The van der Waals surface area contributed by atoms with Crippen molar-refractivity contribution in [2.75, 3.05) is 0 Å². The molecule has 0 spiro atoms. The third-order valence-corrected chi connectivity index (χ3v) is 4.31. The maximum absolute atomic E-state index is 2.34. The lowest BCUT2D eigenvalue weighted by atomic mass is 9.86. The summed E-state index contributed by atoms with van der Waals surface area (Å²) in [4.78, 5) is 1.50. The number of hydrogen-bond donors (Lipinski definition) is 0. The van der Waals surface area contributed by atoms with Gasteiger partial charge in [-0.15, -0.1) is 11.3 Å². The van der Waals surface area contributed by atoms with E-state index in [0.717, 1.165) is 0 Å². The standard InChI is InChI=1S/C16H20S/c1-4-16(2,3)11-15-10-14(12-17-15)13-8-6-5-7-9-13/h5-10,12H,4,11H2,1-3H3. The van der Waals surface area contributed by atoms with Gasteiger partial charge in [-0.05, 0) is 34.4 Å². The van der Waals surface area contributed by atoms with Gasteiger partial charge in [0.15, 0.2) is 0 Å². The number of benzene rings is 1. The van der Waals surface area contributed by atoms with E-state index in [-0.39, 0.29) is 0 Å². The smallest absolute Gasteiger partial charge is 0.00569 e. The van der Waals surface area contributed by atoms with Gasteiger partial charge < -0.3 is 0 Å². The van der Waals surface area contributed by atoms with Crippen LogP contribution in [-0.2, 0) is 6.42 Å². The molecule has 1 aromatic heterocycles. The average Bonchev–Trinajstić information content (AvgIpc) is 2.78. The van der Waals surface area contributed by atoms with Gasteiger partial charge in [-0.1, -0.05) is 57.5 Å². The summed E-state index contributed by atoms with van der Waals surface area (Å²) in [6.07, 6.45) is 2.41. The molecule has 0 aliphatic rings. The Morgan fingerprint density at radius 3 is 2.41 bits per heavy atom. The molecule has 2 rings (SSSR count). The Morgan fingerprint density at radius 1 is 1.06 bits per heavy atom. The second-order valence-corrected chi connectivity index (χ2v) is 6.36. The Morgan fingerprint density at radius 2 is 1.76 bits per heavy atom. The van der Waals surface area contributed by atoms with Gasteiger partial charge in [0.2, 0.25) is 0 Å². The molecular weight excluding hydrogens is 224 g/mol. The molecule has 1 heterocycles. The molecule has 0 nitrogen and oxygen atoms in total. The topological polar surface area (TPSA) is 0 Å². The van der Waals surface area contributed by atoms with Gasteiger partial charge in [0, 0.05) is 4.88 Å². The molecule has 0 aliphatic heterocycles. The first kappa shape index (κ1) is 12.4. The average molecular weight is 244 g/mol. The fourth-order valence-electron chi connectivity index (χ4n) is 1.85. The maximum atomic E-state index is 2.34. The molecular formula is C16H20S. The van der Waals surface area contributed by atoms with Crippen LogP contribution in [0.25, 0.3) is 11.1 Å². The van der Waals surface area contributed by atoms with Crippen molar-refractivity contribution in [2.24, 2.45) is 5.41 Å². The van der Waals surface area contributed by atoms with Gasteiger partial charge in [0.1, 0.15) is 0 Å². The third-order valence-electron chi connectivity index (χ3n) is 3.37. The van der Waals surface area contributed by atoms with E-state index in [2.05, 4.69) is 62.5 Å². The maximum Gasteiger partial charge on any atom is 0.00569 e. The largest absolute Gasteiger partial charge is 0.148 e. The van der Waals surface area contributed by atoms with Crippen LogP contribution in [0.15, 0.2) is 41.8 Å². The molecule has 0 saturated carbocycles. The summed E-state index contributed by atoms with van der Waals surface area (Å²) in [6.45, 7) is 6.95. The molecule has 90 valence electrons. The SMILES string of the molecule is CCC(C)(C)Cc1cc(-c2ccccc2)cs1. The van der Waals surface area contributed by atoms with Gasteiger partial charge in [0.25, 0.3) is 0 Å². The van der Waals surface area contributed by atoms with E-state index in [0.29, 0.717) is 5.41 Å². The van der Waals surface area contributed by atoms with Crippen LogP contribution in [-0.4, -0.2) is 0 Å². The van der Waals surface area contributed by atoms with Crippen molar-refractivity contribution in [3.63, 3.8) is 0 Å². The lowest BCUT2D eigenvalue weighted by molar-refractivity contribution is 0.352. The van der Waals surface area contributed by atoms with Crippen LogP contribution < -0.4 is 0 Å². The van der Waals surface area contributed by atoms with Crippen LogP contribution in [0.5, 0.6) is 0 Å². The van der Waals surface area contributed by atoms with Crippen molar-refractivity contribution in [1.82, 2.24) is 0 Å². The lowest BCUT2D eigenvalue weighted by Crippen LogP contribution is -2.12. The summed E-state index contributed by atoms with van der Waals surface area (Å²) in [5, 5.41) is 2.27. The van der Waals surface area contributed by atoms with E-state index < -0.39 is 0 Å². The van der Waals surface area contributed by atoms with E-state index in [4.69, 9.17) is 0 Å². The first-order valence-corrected chi connectivity index (χ1v) is 7.11. The number of hydrogen-bond acceptors (Lipinski definition) is 1. The number of thiophene rings is 1. The van der Waals surface area contributed by atoms with E-state index in [1.54, 1.807) is 0 Å². The Labute approximate surface area is 108 Å². The predicted octanol–water partition coefficient (Wildman–Crippen LogP) is 5.39.